The lowest BCUT2D eigenvalue weighted by atomic mass is 9.88. The van der Waals surface area contributed by atoms with Gasteiger partial charge in [-0.05, 0) is 47.9 Å². The van der Waals surface area contributed by atoms with E-state index in [4.69, 9.17) is 5.11 Å². The van der Waals surface area contributed by atoms with Crippen molar-refractivity contribution in [1.82, 2.24) is 4.98 Å². The Morgan fingerprint density at radius 1 is 1.24 bits per heavy atom. The Morgan fingerprint density at radius 3 is 2.59 bits per heavy atom. The van der Waals surface area contributed by atoms with E-state index in [9.17, 15) is 23.8 Å². The minimum atomic E-state index is -2.43. The number of phenolic OH excluding ortho intramolecular Hbond substituents is 1. The maximum atomic E-state index is 14.0. The topological polar surface area (TPSA) is 103 Å². The van der Waals surface area contributed by atoms with E-state index in [1.165, 1.54) is 18.2 Å². The maximum absolute atomic E-state index is 14.0. The molecule has 2 aromatic carbocycles. The van der Waals surface area contributed by atoms with Crippen LogP contribution in [0.1, 0.15) is 24.0 Å². The van der Waals surface area contributed by atoms with Crippen LogP contribution in [0.2, 0.25) is 0 Å². The van der Waals surface area contributed by atoms with Gasteiger partial charge in [0.05, 0.1) is 5.52 Å². The van der Waals surface area contributed by atoms with Crippen molar-refractivity contribution in [3.05, 3.63) is 53.3 Å². The van der Waals surface area contributed by atoms with E-state index >= 15 is 0 Å². The van der Waals surface area contributed by atoms with Gasteiger partial charge in [0.25, 0.3) is 6.30 Å². The van der Waals surface area contributed by atoms with Crippen LogP contribution in [-0.4, -0.2) is 39.2 Å². The molecule has 1 unspecified atom stereocenters. The van der Waals surface area contributed by atoms with E-state index in [0.29, 0.717) is 27.6 Å². The Labute approximate surface area is 165 Å². The van der Waals surface area contributed by atoms with Crippen molar-refractivity contribution in [2.24, 2.45) is 0 Å². The van der Waals surface area contributed by atoms with Crippen LogP contribution in [-0.2, 0) is 4.79 Å². The number of nitrogens with one attached hydrogen (secondary N) is 1. The van der Waals surface area contributed by atoms with Crippen molar-refractivity contribution >= 4 is 22.7 Å². The fraction of sp³-hybridized carbons (Fsp3) is 0.238. The number of carboxylic acid groups (broad SMARTS) is 1. The molecule has 3 rings (SSSR count). The molecule has 0 saturated carbocycles. The standard InChI is InChI=1S/C21H20F2N2O4/c1-10-7-12(3-6-15(10)22)18-14-5-4-13(27)8-16(14)24-20(17(18)11(2)9-26)25-19(23)21(28)29/h3-8,11,19,26-27H,9H2,1-2H3,(H,24,25)(H,28,29)/t11?,19-/m0/s1. The summed E-state index contributed by atoms with van der Waals surface area (Å²) in [4.78, 5) is 15.3. The third kappa shape index (κ3) is 3.97. The number of fused-ring (bicyclic) bond motifs is 1. The Balaban J connectivity index is 2.40. The quantitative estimate of drug-likeness (QED) is 0.466. The number of hydrogen-bond donors (Lipinski definition) is 4. The lowest BCUT2D eigenvalue weighted by molar-refractivity contribution is -0.141. The lowest BCUT2D eigenvalue weighted by Gasteiger charge is -2.22. The first-order valence-electron chi connectivity index (χ1n) is 8.90. The Morgan fingerprint density at radius 2 is 1.97 bits per heavy atom. The zero-order valence-corrected chi connectivity index (χ0v) is 15.8. The number of aromatic nitrogens is 1. The van der Waals surface area contributed by atoms with Gasteiger partial charge in [0.2, 0.25) is 0 Å². The molecule has 8 heteroatoms. The van der Waals surface area contributed by atoms with Gasteiger partial charge in [-0.3, -0.25) is 0 Å². The summed E-state index contributed by atoms with van der Waals surface area (Å²) in [6, 6.07) is 8.89. The maximum Gasteiger partial charge on any atom is 0.359 e. The van der Waals surface area contributed by atoms with Crippen LogP contribution >= 0.6 is 0 Å². The number of aliphatic hydroxyl groups is 1. The van der Waals surface area contributed by atoms with Crippen LogP contribution in [0.15, 0.2) is 36.4 Å². The highest BCUT2D eigenvalue weighted by atomic mass is 19.1. The zero-order chi connectivity index (χ0) is 21.3. The third-order valence-electron chi connectivity index (χ3n) is 4.70. The molecule has 0 fully saturated rings. The fourth-order valence-electron chi connectivity index (χ4n) is 3.24. The largest absolute Gasteiger partial charge is 0.508 e. The van der Waals surface area contributed by atoms with Crippen LogP contribution in [0.4, 0.5) is 14.6 Å². The van der Waals surface area contributed by atoms with Crippen LogP contribution in [0.5, 0.6) is 5.75 Å². The van der Waals surface area contributed by atoms with Crippen molar-refractivity contribution in [2.45, 2.75) is 26.1 Å². The average Bonchev–Trinajstić information content (AvgIpc) is 2.68. The molecule has 0 bridgehead atoms. The number of halogens is 2. The molecule has 1 aromatic heterocycles. The summed E-state index contributed by atoms with van der Waals surface area (Å²) in [5.74, 6) is -2.80. The second-order valence-corrected chi connectivity index (χ2v) is 6.84. The number of carbonyl (C=O) groups is 1. The van der Waals surface area contributed by atoms with E-state index in [2.05, 4.69) is 10.3 Å². The highest BCUT2D eigenvalue weighted by molar-refractivity contribution is 5.99. The first kappa shape index (κ1) is 20.5. The molecular weight excluding hydrogens is 382 g/mol. The number of phenols is 1. The van der Waals surface area contributed by atoms with E-state index in [0.717, 1.165) is 0 Å². The molecule has 152 valence electrons. The van der Waals surface area contributed by atoms with Gasteiger partial charge in [-0.25, -0.2) is 18.6 Å². The van der Waals surface area contributed by atoms with Crippen molar-refractivity contribution in [1.29, 1.82) is 0 Å². The first-order chi connectivity index (χ1) is 13.7. The molecule has 0 aliphatic rings. The average molecular weight is 402 g/mol. The van der Waals surface area contributed by atoms with Crippen molar-refractivity contribution in [2.75, 3.05) is 11.9 Å². The van der Waals surface area contributed by atoms with Gasteiger partial charge in [0.15, 0.2) is 0 Å². The zero-order valence-electron chi connectivity index (χ0n) is 15.8. The van der Waals surface area contributed by atoms with Crippen molar-refractivity contribution in [3.63, 3.8) is 0 Å². The predicted octanol–water partition coefficient (Wildman–Crippen LogP) is 3.94. The monoisotopic (exact) mass is 402 g/mol. The van der Waals surface area contributed by atoms with Gasteiger partial charge in [0.1, 0.15) is 17.4 Å². The minimum Gasteiger partial charge on any atom is -0.508 e. The van der Waals surface area contributed by atoms with E-state index in [1.807, 2.05) is 0 Å². The highest BCUT2D eigenvalue weighted by Crippen LogP contribution is 2.40. The number of benzene rings is 2. The van der Waals surface area contributed by atoms with Crippen LogP contribution < -0.4 is 5.32 Å². The lowest BCUT2D eigenvalue weighted by Crippen LogP contribution is -2.26. The second kappa shape index (κ2) is 8.00. The van der Waals surface area contributed by atoms with Gasteiger partial charge in [-0.2, -0.15) is 0 Å². The number of nitrogens with zero attached hydrogens (tertiary/aromatic N) is 1. The Bertz CT molecular complexity index is 1090. The highest BCUT2D eigenvalue weighted by Gasteiger charge is 2.25. The molecule has 29 heavy (non-hydrogen) atoms. The number of carboxylic acids is 1. The molecule has 0 amide bonds. The number of aliphatic hydroxyl groups excluding tert-OH is 1. The van der Waals surface area contributed by atoms with Crippen LogP contribution in [0.3, 0.4) is 0 Å². The minimum absolute atomic E-state index is 0.0727. The number of hydrogen-bond acceptors (Lipinski definition) is 5. The summed E-state index contributed by atoms with van der Waals surface area (Å²) in [5, 5.41) is 31.4. The summed E-state index contributed by atoms with van der Waals surface area (Å²) < 4.78 is 27.8. The van der Waals surface area contributed by atoms with Crippen LogP contribution in [0.25, 0.3) is 22.0 Å². The van der Waals surface area contributed by atoms with Crippen molar-refractivity contribution < 1.29 is 28.9 Å². The number of alkyl halides is 1. The summed E-state index contributed by atoms with van der Waals surface area (Å²) in [7, 11) is 0. The SMILES string of the molecule is Cc1cc(-c2c(C(C)CO)c(N[C@H](F)C(=O)O)nc3cc(O)ccc23)ccc1F. The van der Waals surface area contributed by atoms with E-state index in [1.54, 1.807) is 32.0 Å². The predicted molar refractivity (Wildman–Crippen MR) is 105 cm³/mol. The number of aryl methyl sites for hydroxylation is 1. The Kier molecular flexibility index (Phi) is 5.65. The molecule has 1 heterocycles. The molecule has 4 N–H and O–H groups in total. The van der Waals surface area contributed by atoms with Crippen LogP contribution in [0, 0.1) is 12.7 Å². The molecular formula is C21H20F2N2O4. The number of rotatable bonds is 6. The third-order valence-corrected chi connectivity index (χ3v) is 4.70. The molecule has 6 nitrogen and oxygen atoms in total. The molecule has 0 saturated heterocycles. The first-order valence-corrected chi connectivity index (χ1v) is 8.90. The summed E-state index contributed by atoms with van der Waals surface area (Å²) >= 11 is 0. The molecule has 2 atom stereocenters. The molecule has 0 spiro atoms. The number of anilines is 1. The van der Waals surface area contributed by atoms with Gasteiger partial charge in [-0.15, -0.1) is 0 Å². The summed E-state index contributed by atoms with van der Waals surface area (Å²) in [5.41, 5.74) is 2.19. The Hall–Kier alpha value is -3.26. The van der Waals surface area contributed by atoms with Gasteiger partial charge in [0, 0.05) is 29.5 Å². The summed E-state index contributed by atoms with van der Waals surface area (Å²) in [6.45, 7) is 2.98. The molecule has 0 aliphatic heterocycles. The number of aromatic hydroxyl groups is 1. The summed E-state index contributed by atoms with van der Waals surface area (Å²) in [6.07, 6.45) is -2.43. The van der Waals surface area contributed by atoms with Crippen molar-refractivity contribution in [3.8, 4) is 16.9 Å². The van der Waals surface area contributed by atoms with Gasteiger partial charge in [-0.1, -0.05) is 13.0 Å². The second-order valence-electron chi connectivity index (χ2n) is 6.84. The van der Waals surface area contributed by atoms with E-state index in [-0.39, 0.29) is 23.7 Å². The van der Waals surface area contributed by atoms with E-state index < -0.39 is 24.0 Å². The normalized spacial score (nSPS) is 13.3. The van der Waals surface area contributed by atoms with Gasteiger partial charge < -0.3 is 20.6 Å². The number of pyridine rings is 1. The van der Waals surface area contributed by atoms with Gasteiger partial charge >= 0.3 is 5.97 Å². The molecule has 0 aliphatic carbocycles. The molecule has 3 aromatic rings. The number of aliphatic carboxylic acids is 1. The molecule has 0 radical (unpaired) electrons. The fourth-order valence-corrected chi connectivity index (χ4v) is 3.24. The smallest absolute Gasteiger partial charge is 0.359 e.